The summed E-state index contributed by atoms with van der Waals surface area (Å²) in [4.78, 5) is 1.49. The number of hydrogen-bond donors (Lipinski definition) is 1. The minimum Gasteiger partial charge on any atom is -0.329 e. The Bertz CT molecular complexity index is 468. The molecule has 0 aliphatic carbocycles. The van der Waals surface area contributed by atoms with Crippen molar-refractivity contribution in [2.24, 2.45) is 5.73 Å². The fraction of sp³-hybridized carbons (Fsp3) is 0.300. The molecule has 0 fully saturated rings. The number of benzene rings is 1. The number of nitrogens with zero attached hydrogens (tertiary/aromatic N) is 4. The molecule has 1 heterocycles. The van der Waals surface area contributed by atoms with Crippen molar-refractivity contribution in [1.29, 1.82) is 0 Å². The molecule has 2 N–H and O–H groups in total. The second-order valence-electron chi connectivity index (χ2n) is 3.36. The van der Waals surface area contributed by atoms with Crippen LogP contribution in [-0.2, 0) is 13.0 Å². The van der Waals surface area contributed by atoms with E-state index in [-0.39, 0.29) is 0 Å². The van der Waals surface area contributed by atoms with Gasteiger partial charge in [0.25, 0.3) is 0 Å². The van der Waals surface area contributed by atoms with Crippen molar-refractivity contribution in [3.8, 4) is 0 Å². The summed E-state index contributed by atoms with van der Waals surface area (Å²) < 4.78 is 0. The lowest BCUT2D eigenvalue weighted by Crippen LogP contribution is -2.12. The summed E-state index contributed by atoms with van der Waals surface area (Å²) >= 11 is 6.04. The summed E-state index contributed by atoms with van der Waals surface area (Å²) in [5.41, 5.74) is 6.39. The van der Waals surface area contributed by atoms with Gasteiger partial charge in [-0.25, -0.2) is 0 Å². The van der Waals surface area contributed by atoms with Gasteiger partial charge in [-0.1, -0.05) is 29.8 Å². The smallest absolute Gasteiger partial charge is 0.179 e. The Labute approximate surface area is 98.2 Å². The first-order chi connectivity index (χ1) is 7.79. The van der Waals surface area contributed by atoms with Crippen molar-refractivity contribution >= 4 is 11.6 Å². The summed E-state index contributed by atoms with van der Waals surface area (Å²) in [6.07, 6.45) is 0.588. The first kappa shape index (κ1) is 11.0. The number of aromatic nitrogens is 4. The minimum atomic E-state index is 0.502. The van der Waals surface area contributed by atoms with Gasteiger partial charge in [-0.2, -0.15) is 4.80 Å². The molecule has 16 heavy (non-hydrogen) atoms. The first-order valence-corrected chi connectivity index (χ1v) is 5.37. The Kier molecular flexibility index (Phi) is 3.48. The van der Waals surface area contributed by atoms with Crippen molar-refractivity contribution in [3.05, 3.63) is 40.7 Å². The summed E-state index contributed by atoms with van der Waals surface area (Å²) in [7, 11) is 0. The number of rotatable bonds is 4. The molecular weight excluding hydrogens is 226 g/mol. The van der Waals surface area contributed by atoms with Crippen LogP contribution in [-0.4, -0.2) is 26.8 Å². The van der Waals surface area contributed by atoms with Crippen LogP contribution in [0.25, 0.3) is 0 Å². The number of nitrogens with two attached hydrogens (primary N) is 1. The van der Waals surface area contributed by atoms with Gasteiger partial charge >= 0.3 is 0 Å². The molecule has 0 atom stereocenters. The van der Waals surface area contributed by atoms with Crippen LogP contribution < -0.4 is 5.73 Å². The lowest BCUT2D eigenvalue weighted by Gasteiger charge is -1.99. The molecule has 0 aliphatic heterocycles. The molecule has 0 saturated carbocycles. The molecular formula is C10H12ClN5. The van der Waals surface area contributed by atoms with Crippen LogP contribution in [0.3, 0.4) is 0 Å². The Morgan fingerprint density at radius 2 is 2.12 bits per heavy atom. The maximum absolute atomic E-state index is 6.04. The van der Waals surface area contributed by atoms with E-state index in [2.05, 4.69) is 15.4 Å². The van der Waals surface area contributed by atoms with Gasteiger partial charge in [-0.3, -0.25) is 0 Å². The summed E-state index contributed by atoms with van der Waals surface area (Å²) in [5, 5.41) is 12.7. The third-order valence-corrected chi connectivity index (χ3v) is 2.50. The molecule has 0 saturated heterocycles. The van der Waals surface area contributed by atoms with E-state index in [4.69, 9.17) is 17.3 Å². The molecule has 1 aromatic carbocycles. The highest BCUT2D eigenvalue weighted by Crippen LogP contribution is 2.16. The zero-order chi connectivity index (χ0) is 11.4. The number of halogens is 1. The van der Waals surface area contributed by atoms with Crippen molar-refractivity contribution in [2.45, 2.75) is 13.0 Å². The number of hydrogen-bond acceptors (Lipinski definition) is 4. The van der Waals surface area contributed by atoms with E-state index >= 15 is 0 Å². The Balaban J connectivity index is 2.11. The lowest BCUT2D eigenvalue weighted by molar-refractivity contribution is 0.529. The molecule has 0 amide bonds. The molecule has 6 heteroatoms. The fourth-order valence-corrected chi connectivity index (χ4v) is 1.57. The van der Waals surface area contributed by atoms with Crippen molar-refractivity contribution in [3.63, 3.8) is 0 Å². The second-order valence-corrected chi connectivity index (χ2v) is 3.77. The molecule has 2 rings (SSSR count). The predicted molar refractivity (Wildman–Crippen MR) is 61.1 cm³/mol. The van der Waals surface area contributed by atoms with E-state index in [1.807, 2.05) is 24.3 Å². The monoisotopic (exact) mass is 237 g/mol. The maximum atomic E-state index is 6.04. The third kappa shape index (κ3) is 2.56. The van der Waals surface area contributed by atoms with Gasteiger partial charge < -0.3 is 5.73 Å². The van der Waals surface area contributed by atoms with E-state index in [9.17, 15) is 0 Å². The normalized spacial score (nSPS) is 10.6. The van der Waals surface area contributed by atoms with E-state index in [1.54, 1.807) is 0 Å². The van der Waals surface area contributed by atoms with Gasteiger partial charge in [-0.15, -0.1) is 10.2 Å². The van der Waals surface area contributed by atoms with Gasteiger partial charge in [0.2, 0.25) is 0 Å². The number of tetrazole rings is 1. The van der Waals surface area contributed by atoms with Crippen molar-refractivity contribution in [1.82, 2.24) is 20.2 Å². The second kappa shape index (κ2) is 5.05. The Morgan fingerprint density at radius 3 is 2.88 bits per heavy atom. The SMILES string of the molecule is NCCn1nnc(Cc2ccccc2Cl)n1. The average Bonchev–Trinajstić information content (AvgIpc) is 2.70. The molecule has 84 valence electrons. The van der Waals surface area contributed by atoms with E-state index < -0.39 is 0 Å². The predicted octanol–water partition coefficient (Wildman–Crippen LogP) is 0.876. The van der Waals surface area contributed by atoms with Gasteiger partial charge in [0, 0.05) is 18.0 Å². The van der Waals surface area contributed by atoms with Crippen LogP contribution in [0.15, 0.2) is 24.3 Å². The van der Waals surface area contributed by atoms with Gasteiger partial charge in [0.1, 0.15) is 0 Å². The highest BCUT2D eigenvalue weighted by molar-refractivity contribution is 6.31. The van der Waals surface area contributed by atoms with Gasteiger partial charge in [-0.05, 0) is 16.8 Å². The van der Waals surface area contributed by atoms with Crippen LogP contribution in [0.1, 0.15) is 11.4 Å². The molecule has 5 nitrogen and oxygen atoms in total. The van der Waals surface area contributed by atoms with Crippen molar-refractivity contribution in [2.75, 3.05) is 6.54 Å². The average molecular weight is 238 g/mol. The van der Waals surface area contributed by atoms with E-state index in [0.717, 1.165) is 10.6 Å². The molecule has 0 bridgehead atoms. The van der Waals surface area contributed by atoms with Crippen LogP contribution in [0, 0.1) is 0 Å². The van der Waals surface area contributed by atoms with Crippen LogP contribution in [0.5, 0.6) is 0 Å². The highest BCUT2D eigenvalue weighted by atomic mass is 35.5. The third-order valence-electron chi connectivity index (χ3n) is 2.13. The van der Waals surface area contributed by atoms with Crippen LogP contribution >= 0.6 is 11.6 Å². The topological polar surface area (TPSA) is 69.6 Å². The highest BCUT2D eigenvalue weighted by Gasteiger charge is 2.06. The largest absolute Gasteiger partial charge is 0.329 e. The molecule has 1 aromatic heterocycles. The fourth-order valence-electron chi connectivity index (χ4n) is 1.37. The van der Waals surface area contributed by atoms with E-state index in [1.165, 1.54) is 4.80 Å². The molecule has 0 unspecified atom stereocenters. The molecule has 0 spiro atoms. The van der Waals surface area contributed by atoms with Crippen molar-refractivity contribution < 1.29 is 0 Å². The minimum absolute atomic E-state index is 0.502. The molecule has 2 aromatic rings. The first-order valence-electron chi connectivity index (χ1n) is 5.00. The quantitative estimate of drug-likeness (QED) is 0.857. The zero-order valence-electron chi connectivity index (χ0n) is 8.67. The van der Waals surface area contributed by atoms with Gasteiger partial charge in [0.05, 0.1) is 6.54 Å². The Hall–Kier alpha value is -1.46. The van der Waals surface area contributed by atoms with Crippen LogP contribution in [0.2, 0.25) is 5.02 Å². The zero-order valence-corrected chi connectivity index (χ0v) is 9.43. The van der Waals surface area contributed by atoms with Gasteiger partial charge in [0.15, 0.2) is 5.82 Å². The molecule has 0 aliphatic rings. The Morgan fingerprint density at radius 1 is 1.31 bits per heavy atom. The lowest BCUT2D eigenvalue weighted by atomic mass is 10.1. The maximum Gasteiger partial charge on any atom is 0.179 e. The standard InChI is InChI=1S/C10H12ClN5/c11-9-4-2-1-3-8(9)7-10-13-15-16(14-10)6-5-12/h1-4H,5-7,12H2. The molecule has 0 radical (unpaired) electrons. The summed E-state index contributed by atoms with van der Waals surface area (Å²) in [5.74, 6) is 0.654. The summed E-state index contributed by atoms with van der Waals surface area (Å²) in [6.45, 7) is 1.08. The van der Waals surface area contributed by atoms with Crippen LogP contribution in [0.4, 0.5) is 0 Å². The summed E-state index contributed by atoms with van der Waals surface area (Å²) in [6, 6.07) is 7.63. The van der Waals surface area contributed by atoms with E-state index in [0.29, 0.717) is 25.3 Å².